The molecule has 3 rings (SSSR count). The first-order chi connectivity index (χ1) is 13.6. The van der Waals surface area contributed by atoms with E-state index in [1.165, 1.54) is 6.07 Å². The van der Waals surface area contributed by atoms with Crippen LogP contribution < -0.4 is 10.6 Å². The Balaban J connectivity index is 1.53. The SMILES string of the molecule is CN=C(NCC1(c2ccccc2F)CC1)NC1CCN(S(=O)(=O)C(F)(F)F)CC1. The number of nitrogens with zero attached hydrogens (tertiary/aromatic N) is 2. The first-order valence-corrected chi connectivity index (χ1v) is 10.8. The molecular formula is C18H24F4N4O2S. The molecule has 29 heavy (non-hydrogen) atoms. The first kappa shape index (κ1) is 21.8. The second-order valence-electron chi connectivity index (χ2n) is 7.45. The molecule has 1 aromatic rings. The van der Waals surface area contributed by atoms with E-state index in [1.807, 2.05) is 0 Å². The lowest BCUT2D eigenvalue weighted by atomic mass is 9.95. The predicted octanol–water partition coefficient (Wildman–Crippen LogP) is 2.34. The van der Waals surface area contributed by atoms with Crippen molar-refractivity contribution >= 4 is 16.0 Å². The van der Waals surface area contributed by atoms with E-state index in [1.54, 1.807) is 25.2 Å². The molecule has 6 nitrogen and oxygen atoms in total. The fraction of sp³-hybridized carbons (Fsp3) is 0.611. The molecular weight excluding hydrogens is 412 g/mol. The maximum Gasteiger partial charge on any atom is 0.511 e. The van der Waals surface area contributed by atoms with Gasteiger partial charge in [-0.25, -0.2) is 12.8 Å². The zero-order valence-corrected chi connectivity index (χ0v) is 16.8. The normalized spacial score (nSPS) is 21.1. The fourth-order valence-electron chi connectivity index (χ4n) is 3.61. The maximum absolute atomic E-state index is 14.1. The molecule has 0 radical (unpaired) electrons. The number of nitrogens with one attached hydrogen (secondary N) is 2. The van der Waals surface area contributed by atoms with Crippen molar-refractivity contribution in [2.24, 2.45) is 4.99 Å². The molecule has 2 N–H and O–H groups in total. The van der Waals surface area contributed by atoms with E-state index in [9.17, 15) is 26.0 Å². The number of hydrogen-bond acceptors (Lipinski definition) is 3. The van der Waals surface area contributed by atoms with Crippen LogP contribution in [0.4, 0.5) is 17.6 Å². The molecule has 0 spiro atoms. The van der Waals surface area contributed by atoms with Crippen LogP contribution in [-0.4, -0.2) is 56.9 Å². The van der Waals surface area contributed by atoms with Crippen LogP contribution in [0.5, 0.6) is 0 Å². The van der Waals surface area contributed by atoms with Gasteiger partial charge in [0.05, 0.1) is 0 Å². The minimum Gasteiger partial charge on any atom is -0.356 e. The van der Waals surface area contributed by atoms with Crippen LogP contribution in [0.1, 0.15) is 31.2 Å². The van der Waals surface area contributed by atoms with Crippen LogP contribution >= 0.6 is 0 Å². The van der Waals surface area contributed by atoms with E-state index in [0.717, 1.165) is 12.8 Å². The molecule has 1 heterocycles. The van der Waals surface area contributed by atoms with Crippen molar-refractivity contribution in [2.45, 2.75) is 42.6 Å². The summed E-state index contributed by atoms with van der Waals surface area (Å²) in [5.74, 6) is 0.220. The van der Waals surface area contributed by atoms with Crippen molar-refractivity contribution in [1.82, 2.24) is 14.9 Å². The molecule has 1 aromatic carbocycles. The van der Waals surface area contributed by atoms with Gasteiger partial charge in [-0.2, -0.15) is 17.5 Å². The van der Waals surface area contributed by atoms with E-state index in [-0.39, 0.29) is 43.2 Å². The summed E-state index contributed by atoms with van der Waals surface area (Å²) in [5, 5.41) is 6.30. The van der Waals surface area contributed by atoms with Crippen LogP contribution in [0.15, 0.2) is 29.3 Å². The predicted molar refractivity (Wildman–Crippen MR) is 101 cm³/mol. The number of hydrogen-bond donors (Lipinski definition) is 2. The summed E-state index contributed by atoms with van der Waals surface area (Å²) in [7, 11) is -3.72. The van der Waals surface area contributed by atoms with Gasteiger partial charge in [-0.1, -0.05) is 18.2 Å². The number of rotatable bonds is 5. The summed E-state index contributed by atoms with van der Waals surface area (Å²) in [6.07, 6.45) is 2.17. The smallest absolute Gasteiger partial charge is 0.356 e. The molecule has 1 aliphatic carbocycles. The number of alkyl halides is 3. The molecule has 0 unspecified atom stereocenters. The van der Waals surface area contributed by atoms with Gasteiger partial charge in [-0.05, 0) is 37.3 Å². The van der Waals surface area contributed by atoms with Gasteiger partial charge in [0.2, 0.25) is 0 Å². The molecule has 11 heteroatoms. The lowest BCUT2D eigenvalue weighted by Gasteiger charge is -2.32. The minimum absolute atomic E-state index is 0.204. The third kappa shape index (κ3) is 4.66. The van der Waals surface area contributed by atoms with E-state index in [2.05, 4.69) is 15.6 Å². The molecule has 0 aromatic heterocycles. The fourth-order valence-corrected chi connectivity index (χ4v) is 4.60. The second kappa shape index (κ2) is 8.10. The largest absolute Gasteiger partial charge is 0.511 e. The lowest BCUT2D eigenvalue weighted by molar-refractivity contribution is -0.0494. The van der Waals surface area contributed by atoms with E-state index < -0.39 is 15.5 Å². The number of halogens is 4. The molecule has 1 aliphatic heterocycles. The number of benzene rings is 1. The van der Waals surface area contributed by atoms with Gasteiger partial charge in [-0.3, -0.25) is 4.99 Å². The second-order valence-corrected chi connectivity index (χ2v) is 9.38. The number of guanidine groups is 1. The summed E-state index contributed by atoms with van der Waals surface area (Å²) in [4.78, 5) is 4.12. The summed E-state index contributed by atoms with van der Waals surface area (Å²) in [6.45, 7) is 0.0558. The molecule has 0 amide bonds. The van der Waals surface area contributed by atoms with Crippen molar-refractivity contribution in [3.05, 3.63) is 35.6 Å². The van der Waals surface area contributed by atoms with Crippen LogP contribution in [0.3, 0.4) is 0 Å². The van der Waals surface area contributed by atoms with Crippen LogP contribution in [0.25, 0.3) is 0 Å². The Morgan fingerprint density at radius 1 is 1.24 bits per heavy atom. The Hall–Kier alpha value is -1.88. The monoisotopic (exact) mass is 436 g/mol. The topological polar surface area (TPSA) is 73.8 Å². The standard InChI is InChI=1S/C18H24F4N4O2S/c1-23-16(24-12-17(8-9-17)14-4-2-3-5-15(14)19)25-13-6-10-26(11-7-13)29(27,28)18(20,21)22/h2-5,13H,6-12H2,1H3,(H2,23,24,25). The molecule has 0 bridgehead atoms. The van der Waals surface area contributed by atoms with Gasteiger partial charge in [0, 0.05) is 38.1 Å². The van der Waals surface area contributed by atoms with E-state index >= 15 is 0 Å². The highest BCUT2D eigenvalue weighted by Crippen LogP contribution is 2.48. The van der Waals surface area contributed by atoms with Gasteiger partial charge < -0.3 is 10.6 Å². The van der Waals surface area contributed by atoms with Crippen LogP contribution in [0, 0.1) is 5.82 Å². The number of sulfonamides is 1. The van der Waals surface area contributed by atoms with Gasteiger partial charge in [-0.15, -0.1) is 0 Å². The molecule has 2 fully saturated rings. The Kier molecular flexibility index (Phi) is 6.09. The molecule has 2 aliphatic rings. The molecule has 1 saturated carbocycles. The summed E-state index contributed by atoms with van der Waals surface area (Å²) < 4.78 is 75.6. The quantitative estimate of drug-likeness (QED) is 0.422. The zero-order valence-electron chi connectivity index (χ0n) is 16.0. The number of piperidine rings is 1. The number of aliphatic imine (C=N–C) groups is 1. The first-order valence-electron chi connectivity index (χ1n) is 9.38. The van der Waals surface area contributed by atoms with Gasteiger partial charge in [0.15, 0.2) is 5.96 Å². The van der Waals surface area contributed by atoms with Crippen LogP contribution in [0.2, 0.25) is 0 Å². The van der Waals surface area contributed by atoms with Crippen molar-refractivity contribution < 1.29 is 26.0 Å². The van der Waals surface area contributed by atoms with Crippen molar-refractivity contribution in [1.29, 1.82) is 0 Å². The van der Waals surface area contributed by atoms with Crippen molar-refractivity contribution in [3.63, 3.8) is 0 Å². The Morgan fingerprint density at radius 3 is 2.38 bits per heavy atom. The van der Waals surface area contributed by atoms with Crippen molar-refractivity contribution in [3.8, 4) is 0 Å². The maximum atomic E-state index is 14.1. The Morgan fingerprint density at radius 2 is 1.86 bits per heavy atom. The highest BCUT2D eigenvalue weighted by molar-refractivity contribution is 7.90. The van der Waals surface area contributed by atoms with Gasteiger partial charge in [0.25, 0.3) is 0 Å². The Labute approximate surface area is 167 Å². The third-order valence-corrected chi connectivity index (χ3v) is 7.17. The lowest BCUT2D eigenvalue weighted by Crippen LogP contribution is -2.52. The summed E-state index contributed by atoms with van der Waals surface area (Å²) in [6, 6.07) is 6.45. The van der Waals surface area contributed by atoms with Gasteiger partial charge >= 0.3 is 15.5 Å². The highest BCUT2D eigenvalue weighted by Gasteiger charge is 2.50. The van der Waals surface area contributed by atoms with Gasteiger partial charge in [0.1, 0.15) is 5.82 Å². The Bertz CT molecular complexity index is 861. The minimum atomic E-state index is -5.29. The van der Waals surface area contributed by atoms with E-state index in [4.69, 9.17) is 0 Å². The van der Waals surface area contributed by atoms with Crippen molar-refractivity contribution in [2.75, 3.05) is 26.7 Å². The molecule has 1 saturated heterocycles. The summed E-state index contributed by atoms with van der Waals surface area (Å²) >= 11 is 0. The average Bonchev–Trinajstić information content (AvgIpc) is 3.46. The average molecular weight is 436 g/mol. The zero-order chi connectivity index (χ0) is 21.3. The third-order valence-electron chi connectivity index (χ3n) is 5.54. The highest BCUT2D eigenvalue weighted by atomic mass is 32.2. The molecule has 162 valence electrons. The summed E-state index contributed by atoms with van der Waals surface area (Å²) in [5.41, 5.74) is -4.91. The van der Waals surface area contributed by atoms with E-state index in [0.29, 0.717) is 22.4 Å². The molecule has 0 atom stereocenters. The van der Waals surface area contributed by atoms with Crippen LogP contribution in [-0.2, 0) is 15.4 Å².